The normalized spacial score (nSPS) is 21.1. The number of aryl methyl sites for hydroxylation is 2. The van der Waals surface area contributed by atoms with E-state index in [0.29, 0.717) is 5.88 Å². The van der Waals surface area contributed by atoms with Gasteiger partial charge in [0.05, 0.1) is 11.6 Å². The second-order valence-corrected chi connectivity index (χ2v) is 6.14. The predicted molar refractivity (Wildman–Crippen MR) is 78.9 cm³/mol. The number of nitrogens with zero attached hydrogens (tertiary/aromatic N) is 4. The Balaban J connectivity index is 1.67. The zero-order valence-electron chi connectivity index (χ0n) is 11.9. The van der Waals surface area contributed by atoms with Crippen LogP contribution in [0.4, 0.5) is 5.82 Å². The van der Waals surface area contributed by atoms with Gasteiger partial charge in [0.25, 0.3) is 0 Å². The van der Waals surface area contributed by atoms with Gasteiger partial charge in [0.15, 0.2) is 0 Å². The van der Waals surface area contributed by atoms with Crippen LogP contribution in [0.25, 0.3) is 0 Å². The van der Waals surface area contributed by atoms with Gasteiger partial charge in [0.1, 0.15) is 5.82 Å². The summed E-state index contributed by atoms with van der Waals surface area (Å²) in [5.41, 5.74) is 2.26. The van der Waals surface area contributed by atoms with Crippen LogP contribution in [-0.2, 0) is 12.9 Å². The van der Waals surface area contributed by atoms with Crippen LogP contribution in [-0.4, -0.2) is 47.4 Å². The smallest absolute Gasteiger partial charge is 0.131 e. The molecule has 106 valence electrons. The van der Waals surface area contributed by atoms with Gasteiger partial charge in [-0.05, 0) is 25.7 Å². The lowest BCUT2D eigenvalue weighted by atomic mass is 10.2. The third-order valence-electron chi connectivity index (χ3n) is 4.33. The van der Waals surface area contributed by atoms with Crippen molar-refractivity contribution in [3.05, 3.63) is 11.3 Å². The molecule has 0 spiro atoms. The van der Waals surface area contributed by atoms with Crippen LogP contribution in [0.3, 0.4) is 0 Å². The molecular formula is C14H23ClN4. The maximum atomic E-state index is 6.09. The van der Waals surface area contributed by atoms with Crippen LogP contribution in [0.2, 0.25) is 0 Å². The minimum Gasteiger partial charge on any atom is -0.354 e. The summed E-state index contributed by atoms with van der Waals surface area (Å²) in [6, 6.07) is 0. The number of piperazine rings is 1. The van der Waals surface area contributed by atoms with Gasteiger partial charge in [-0.3, -0.25) is 9.58 Å². The molecule has 0 radical (unpaired) electrons. The number of halogens is 1. The van der Waals surface area contributed by atoms with E-state index in [9.17, 15) is 0 Å². The zero-order chi connectivity index (χ0) is 13.4. The first-order chi connectivity index (χ1) is 9.19. The monoisotopic (exact) mass is 282 g/mol. The lowest BCUT2D eigenvalue weighted by Crippen LogP contribution is -2.47. The van der Waals surface area contributed by atoms with Crippen molar-refractivity contribution in [3.63, 3.8) is 0 Å². The van der Waals surface area contributed by atoms with E-state index in [1.165, 1.54) is 43.9 Å². The quantitative estimate of drug-likeness (QED) is 0.790. The Morgan fingerprint density at radius 3 is 2.47 bits per heavy atom. The van der Waals surface area contributed by atoms with Crippen molar-refractivity contribution in [3.8, 4) is 0 Å². The number of hydrogen-bond acceptors (Lipinski definition) is 3. The average molecular weight is 283 g/mol. The van der Waals surface area contributed by atoms with Crippen LogP contribution in [0.5, 0.6) is 0 Å². The van der Waals surface area contributed by atoms with Crippen molar-refractivity contribution < 1.29 is 0 Å². The van der Waals surface area contributed by atoms with Gasteiger partial charge in [-0.1, -0.05) is 0 Å². The molecule has 0 N–H and O–H groups in total. The summed E-state index contributed by atoms with van der Waals surface area (Å²) in [5.74, 6) is 2.76. The molecule has 1 saturated carbocycles. The fourth-order valence-electron chi connectivity index (χ4n) is 3.05. The molecular weight excluding hydrogens is 260 g/mol. The molecule has 1 aliphatic heterocycles. The van der Waals surface area contributed by atoms with Crippen molar-refractivity contribution in [2.24, 2.45) is 13.0 Å². The first-order valence-electron chi connectivity index (χ1n) is 7.24. The Hall–Kier alpha value is -0.740. The largest absolute Gasteiger partial charge is 0.354 e. The van der Waals surface area contributed by atoms with Gasteiger partial charge in [-0.15, -0.1) is 11.6 Å². The minimum absolute atomic E-state index is 0.553. The molecule has 1 aromatic rings. The molecule has 3 rings (SSSR count). The molecule has 2 fully saturated rings. The SMILES string of the molecule is Cc1nn(C)c(N2CCN(CC3CC3)CC2)c1CCl. The highest BCUT2D eigenvalue weighted by atomic mass is 35.5. The summed E-state index contributed by atoms with van der Waals surface area (Å²) in [7, 11) is 2.02. The molecule has 4 nitrogen and oxygen atoms in total. The van der Waals surface area contributed by atoms with Crippen molar-refractivity contribution in [1.29, 1.82) is 0 Å². The maximum absolute atomic E-state index is 6.09. The van der Waals surface area contributed by atoms with Crippen molar-refractivity contribution >= 4 is 17.4 Å². The number of rotatable bonds is 4. The molecule has 0 bridgehead atoms. The van der Waals surface area contributed by atoms with Crippen LogP contribution in [0.1, 0.15) is 24.1 Å². The van der Waals surface area contributed by atoms with E-state index >= 15 is 0 Å². The number of hydrogen-bond donors (Lipinski definition) is 0. The molecule has 2 aliphatic rings. The van der Waals surface area contributed by atoms with Crippen molar-refractivity contribution in [2.45, 2.75) is 25.6 Å². The number of alkyl halides is 1. The maximum Gasteiger partial charge on any atom is 0.131 e. The van der Waals surface area contributed by atoms with Gasteiger partial charge in [-0.2, -0.15) is 5.10 Å². The number of anilines is 1. The zero-order valence-corrected chi connectivity index (χ0v) is 12.7. The minimum atomic E-state index is 0.553. The molecule has 1 aromatic heterocycles. The standard InChI is InChI=1S/C14H23ClN4/c1-11-13(9-15)14(17(2)16-11)19-7-5-18(6-8-19)10-12-3-4-12/h12H,3-10H2,1-2H3. The lowest BCUT2D eigenvalue weighted by Gasteiger charge is -2.36. The molecule has 5 heteroatoms. The van der Waals surface area contributed by atoms with Gasteiger partial charge in [-0.25, -0.2) is 0 Å². The molecule has 1 aliphatic carbocycles. The third kappa shape index (κ3) is 2.75. The Morgan fingerprint density at radius 1 is 1.21 bits per heavy atom. The second kappa shape index (κ2) is 5.33. The van der Waals surface area contributed by atoms with Crippen LogP contribution in [0.15, 0.2) is 0 Å². The fraction of sp³-hybridized carbons (Fsp3) is 0.786. The molecule has 19 heavy (non-hydrogen) atoms. The number of aromatic nitrogens is 2. The molecule has 1 saturated heterocycles. The fourth-order valence-corrected chi connectivity index (χ4v) is 3.36. The molecule has 0 unspecified atom stereocenters. The van der Waals surface area contributed by atoms with E-state index < -0.39 is 0 Å². The van der Waals surface area contributed by atoms with Crippen LogP contribution >= 0.6 is 11.6 Å². The topological polar surface area (TPSA) is 24.3 Å². The highest BCUT2D eigenvalue weighted by molar-refractivity contribution is 6.17. The first kappa shape index (κ1) is 13.3. The summed E-state index contributed by atoms with van der Waals surface area (Å²) in [4.78, 5) is 5.05. The first-order valence-corrected chi connectivity index (χ1v) is 7.78. The van der Waals surface area contributed by atoms with Crippen LogP contribution < -0.4 is 4.90 Å². The van der Waals surface area contributed by atoms with Gasteiger partial charge in [0, 0.05) is 45.3 Å². The molecule has 2 heterocycles. The van der Waals surface area contributed by atoms with Crippen molar-refractivity contribution in [2.75, 3.05) is 37.6 Å². The summed E-state index contributed by atoms with van der Waals surface area (Å²) >= 11 is 6.09. The van der Waals surface area contributed by atoms with E-state index in [0.717, 1.165) is 24.7 Å². The molecule has 0 atom stereocenters. The lowest BCUT2D eigenvalue weighted by molar-refractivity contribution is 0.247. The van der Waals surface area contributed by atoms with E-state index in [1.807, 2.05) is 18.7 Å². The molecule has 0 amide bonds. The predicted octanol–water partition coefficient (Wildman–Crippen LogP) is 2.00. The van der Waals surface area contributed by atoms with Gasteiger partial charge in [0.2, 0.25) is 0 Å². The molecule has 0 aromatic carbocycles. The third-order valence-corrected chi connectivity index (χ3v) is 4.60. The summed E-state index contributed by atoms with van der Waals surface area (Å²) in [6.07, 6.45) is 2.88. The Bertz CT molecular complexity index is 445. The highest BCUT2D eigenvalue weighted by Crippen LogP contribution is 2.31. The Morgan fingerprint density at radius 2 is 1.89 bits per heavy atom. The van der Waals surface area contributed by atoms with E-state index in [2.05, 4.69) is 14.9 Å². The van der Waals surface area contributed by atoms with E-state index in [1.54, 1.807) is 0 Å². The summed E-state index contributed by atoms with van der Waals surface area (Å²) in [5, 5.41) is 4.51. The van der Waals surface area contributed by atoms with E-state index in [4.69, 9.17) is 11.6 Å². The van der Waals surface area contributed by atoms with Crippen LogP contribution in [0, 0.1) is 12.8 Å². The summed E-state index contributed by atoms with van der Waals surface area (Å²) < 4.78 is 1.99. The van der Waals surface area contributed by atoms with Gasteiger partial charge >= 0.3 is 0 Å². The summed E-state index contributed by atoms with van der Waals surface area (Å²) in [6.45, 7) is 7.88. The average Bonchev–Trinajstić information content (AvgIpc) is 3.15. The van der Waals surface area contributed by atoms with E-state index in [-0.39, 0.29) is 0 Å². The Kier molecular flexibility index (Phi) is 3.72. The highest BCUT2D eigenvalue weighted by Gasteiger charge is 2.28. The van der Waals surface area contributed by atoms with Gasteiger partial charge < -0.3 is 4.90 Å². The second-order valence-electron chi connectivity index (χ2n) is 5.88. The van der Waals surface area contributed by atoms with Crippen molar-refractivity contribution in [1.82, 2.24) is 14.7 Å². The Labute approximate surface area is 120 Å².